The molecule has 0 fully saturated rings. The lowest BCUT2D eigenvalue weighted by atomic mass is 10.1. The molecule has 0 spiro atoms. The summed E-state index contributed by atoms with van der Waals surface area (Å²) in [5.41, 5.74) is 0. The van der Waals surface area contributed by atoms with Gasteiger partial charge in [-0.05, 0) is 12.8 Å². The number of hydrogen-bond acceptors (Lipinski definition) is 1. The molecule has 0 unspecified atom stereocenters. The molecular formula is C13H30ClNO. The smallest absolute Gasteiger partial charge is 0.102 e. The van der Waals surface area contributed by atoms with Gasteiger partial charge in [0, 0.05) is 7.11 Å². The minimum atomic E-state index is 0. The number of nitrogens with zero attached hydrogens (tertiary/aromatic N) is 1. The summed E-state index contributed by atoms with van der Waals surface area (Å²) in [6, 6.07) is 0. The van der Waals surface area contributed by atoms with Crippen molar-refractivity contribution < 1.29 is 21.6 Å². The van der Waals surface area contributed by atoms with E-state index < -0.39 is 0 Å². The quantitative estimate of drug-likeness (QED) is 0.395. The van der Waals surface area contributed by atoms with Crippen LogP contribution in [-0.2, 0) is 4.74 Å². The number of halogens is 1. The summed E-state index contributed by atoms with van der Waals surface area (Å²) in [4.78, 5) is 0. The van der Waals surface area contributed by atoms with E-state index in [9.17, 15) is 0 Å². The topological polar surface area (TPSA) is 9.23 Å². The SMILES string of the molecule is CCCCCCCC[N+](C)(C)CCOC.[Cl-]. The third-order valence-corrected chi connectivity index (χ3v) is 3.02. The Balaban J connectivity index is 0. The van der Waals surface area contributed by atoms with E-state index in [0.717, 1.165) is 17.6 Å². The Bertz CT molecular complexity index is 140. The standard InChI is InChI=1S/C13H30NO.ClH/c1-5-6-7-8-9-10-11-14(2,3)12-13-15-4;/h5-13H2,1-4H3;1H/q+1;/p-1. The van der Waals surface area contributed by atoms with Gasteiger partial charge in [0.2, 0.25) is 0 Å². The lowest BCUT2D eigenvalue weighted by Crippen LogP contribution is -3.00. The molecule has 0 saturated heterocycles. The van der Waals surface area contributed by atoms with Gasteiger partial charge in [-0.1, -0.05) is 32.6 Å². The zero-order valence-electron chi connectivity index (χ0n) is 11.6. The van der Waals surface area contributed by atoms with E-state index in [4.69, 9.17) is 4.74 Å². The van der Waals surface area contributed by atoms with Crippen LogP contribution in [-0.4, -0.2) is 45.4 Å². The molecule has 0 bridgehead atoms. The minimum absolute atomic E-state index is 0. The fourth-order valence-electron chi connectivity index (χ4n) is 1.77. The van der Waals surface area contributed by atoms with E-state index in [1.165, 1.54) is 45.1 Å². The number of likely N-dealkylation sites (N-methyl/N-ethyl adjacent to an activating group) is 1. The van der Waals surface area contributed by atoms with Crippen LogP contribution in [0.1, 0.15) is 45.4 Å². The van der Waals surface area contributed by atoms with Crippen molar-refractivity contribution in [2.24, 2.45) is 0 Å². The van der Waals surface area contributed by atoms with Crippen LogP contribution in [0.2, 0.25) is 0 Å². The van der Waals surface area contributed by atoms with Gasteiger partial charge in [0.25, 0.3) is 0 Å². The normalized spacial score (nSPS) is 11.2. The highest BCUT2D eigenvalue weighted by atomic mass is 35.5. The lowest BCUT2D eigenvalue weighted by molar-refractivity contribution is -0.890. The Hall–Kier alpha value is 0.210. The fourth-order valence-corrected chi connectivity index (χ4v) is 1.77. The molecule has 0 aliphatic rings. The van der Waals surface area contributed by atoms with Crippen molar-refractivity contribution in [3.8, 4) is 0 Å². The first-order valence-corrected chi connectivity index (χ1v) is 6.43. The summed E-state index contributed by atoms with van der Waals surface area (Å²) in [7, 11) is 6.38. The van der Waals surface area contributed by atoms with Crippen molar-refractivity contribution in [2.45, 2.75) is 45.4 Å². The molecule has 0 rings (SSSR count). The van der Waals surface area contributed by atoms with Crippen molar-refractivity contribution in [2.75, 3.05) is 40.9 Å². The first kappa shape index (κ1) is 18.6. The first-order valence-electron chi connectivity index (χ1n) is 6.43. The molecular weight excluding hydrogens is 222 g/mol. The molecule has 0 aromatic carbocycles. The van der Waals surface area contributed by atoms with Gasteiger partial charge in [-0.15, -0.1) is 0 Å². The predicted octanol–water partition coefficient (Wildman–Crippen LogP) is 0.0737. The maximum absolute atomic E-state index is 5.12. The maximum atomic E-state index is 5.12. The van der Waals surface area contributed by atoms with Crippen LogP contribution in [0.5, 0.6) is 0 Å². The van der Waals surface area contributed by atoms with Crippen LogP contribution >= 0.6 is 0 Å². The largest absolute Gasteiger partial charge is 1.00 e. The summed E-state index contributed by atoms with van der Waals surface area (Å²) in [6.45, 7) is 5.56. The third kappa shape index (κ3) is 12.3. The maximum Gasteiger partial charge on any atom is 0.102 e. The molecule has 0 atom stereocenters. The summed E-state index contributed by atoms with van der Waals surface area (Å²) in [5.74, 6) is 0. The van der Waals surface area contributed by atoms with Gasteiger partial charge in [-0.2, -0.15) is 0 Å². The van der Waals surface area contributed by atoms with Gasteiger partial charge >= 0.3 is 0 Å². The zero-order valence-corrected chi connectivity index (χ0v) is 12.4. The van der Waals surface area contributed by atoms with E-state index in [-0.39, 0.29) is 12.4 Å². The molecule has 100 valence electrons. The monoisotopic (exact) mass is 251 g/mol. The third-order valence-electron chi connectivity index (χ3n) is 3.02. The van der Waals surface area contributed by atoms with Gasteiger partial charge in [-0.25, -0.2) is 0 Å². The van der Waals surface area contributed by atoms with E-state index in [2.05, 4.69) is 21.0 Å². The van der Waals surface area contributed by atoms with Gasteiger partial charge in [0.1, 0.15) is 6.54 Å². The number of rotatable bonds is 10. The molecule has 0 aromatic heterocycles. The summed E-state index contributed by atoms with van der Waals surface area (Å²) in [6.07, 6.45) is 8.34. The van der Waals surface area contributed by atoms with Crippen LogP contribution in [0.3, 0.4) is 0 Å². The lowest BCUT2D eigenvalue weighted by Gasteiger charge is -2.29. The molecule has 0 radical (unpaired) electrons. The van der Waals surface area contributed by atoms with Crippen LogP contribution in [0.15, 0.2) is 0 Å². The number of quaternary nitrogens is 1. The van der Waals surface area contributed by atoms with Crippen LogP contribution in [0, 0.1) is 0 Å². The van der Waals surface area contributed by atoms with Gasteiger partial charge in [0.15, 0.2) is 0 Å². The van der Waals surface area contributed by atoms with E-state index in [1.54, 1.807) is 7.11 Å². The van der Waals surface area contributed by atoms with Gasteiger partial charge in [-0.3, -0.25) is 0 Å². The van der Waals surface area contributed by atoms with Crippen molar-refractivity contribution >= 4 is 0 Å². The molecule has 0 N–H and O–H groups in total. The van der Waals surface area contributed by atoms with Crippen molar-refractivity contribution in [3.05, 3.63) is 0 Å². The molecule has 0 heterocycles. The Kier molecular flexibility index (Phi) is 13.6. The van der Waals surface area contributed by atoms with Crippen LogP contribution < -0.4 is 12.4 Å². The highest BCUT2D eigenvalue weighted by molar-refractivity contribution is 4.44. The van der Waals surface area contributed by atoms with E-state index in [0.29, 0.717) is 0 Å². The molecule has 0 aromatic rings. The molecule has 2 nitrogen and oxygen atoms in total. The first-order chi connectivity index (χ1) is 7.12. The zero-order chi connectivity index (χ0) is 11.6. The molecule has 0 saturated carbocycles. The Morgan fingerprint density at radius 3 is 2.00 bits per heavy atom. The van der Waals surface area contributed by atoms with Gasteiger partial charge < -0.3 is 21.6 Å². The summed E-state index contributed by atoms with van der Waals surface area (Å²) >= 11 is 0. The van der Waals surface area contributed by atoms with Crippen molar-refractivity contribution in [1.82, 2.24) is 0 Å². The number of hydrogen-bond donors (Lipinski definition) is 0. The Morgan fingerprint density at radius 2 is 1.44 bits per heavy atom. The number of unbranched alkanes of at least 4 members (excludes halogenated alkanes) is 5. The number of methoxy groups -OCH3 is 1. The average molecular weight is 252 g/mol. The molecule has 0 aliphatic carbocycles. The Morgan fingerprint density at radius 1 is 0.875 bits per heavy atom. The second-order valence-electron chi connectivity index (χ2n) is 5.14. The summed E-state index contributed by atoms with van der Waals surface area (Å²) in [5, 5.41) is 0. The second-order valence-corrected chi connectivity index (χ2v) is 5.14. The minimum Gasteiger partial charge on any atom is -1.00 e. The average Bonchev–Trinajstić information content (AvgIpc) is 2.20. The van der Waals surface area contributed by atoms with E-state index >= 15 is 0 Å². The predicted molar refractivity (Wildman–Crippen MR) is 67.1 cm³/mol. The second kappa shape index (κ2) is 11.7. The van der Waals surface area contributed by atoms with Crippen LogP contribution in [0.25, 0.3) is 0 Å². The highest BCUT2D eigenvalue weighted by Gasteiger charge is 2.13. The fraction of sp³-hybridized carbons (Fsp3) is 1.00. The van der Waals surface area contributed by atoms with Crippen molar-refractivity contribution in [3.63, 3.8) is 0 Å². The van der Waals surface area contributed by atoms with Crippen LogP contribution in [0.4, 0.5) is 0 Å². The molecule has 3 heteroatoms. The highest BCUT2D eigenvalue weighted by Crippen LogP contribution is 2.07. The summed E-state index contributed by atoms with van der Waals surface area (Å²) < 4.78 is 6.22. The van der Waals surface area contributed by atoms with Gasteiger partial charge in [0.05, 0.1) is 27.2 Å². The molecule has 16 heavy (non-hydrogen) atoms. The number of ether oxygens (including phenoxy) is 1. The Labute approximate surface area is 108 Å². The molecule has 0 amide bonds. The van der Waals surface area contributed by atoms with Crippen molar-refractivity contribution in [1.29, 1.82) is 0 Å². The van der Waals surface area contributed by atoms with E-state index in [1.807, 2.05) is 0 Å². The molecule has 0 aliphatic heterocycles.